The van der Waals surface area contributed by atoms with Crippen molar-refractivity contribution in [2.75, 3.05) is 12.4 Å². The van der Waals surface area contributed by atoms with Crippen LogP contribution in [0.5, 0.6) is 5.75 Å². The molecule has 8 heteroatoms. The molecule has 0 saturated carbocycles. The zero-order valence-electron chi connectivity index (χ0n) is 14.9. The van der Waals surface area contributed by atoms with Crippen LogP contribution in [0.15, 0.2) is 36.4 Å². The maximum absolute atomic E-state index is 13.0. The van der Waals surface area contributed by atoms with Crippen molar-refractivity contribution in [3.8, 4) is 5.75 Å². The molecule has 27 heavy (non-hydrogen) atoms. The maximum atomic E-state index is 13.0. The number of aromatic nitrogens is 2. The molecular formula is C19H17F3IN3O. The highest BCUT2D eigenvalue weighted by atomic mass is 127. The van der Waals surface area contributed by atoms with Crippen molar-refractivity contribution in [3.63, 3.8) is 0 Å². The first-order valence-corrected chi connectivity index (χ1v) is 9.22. The molecule has 1 atom stereocenters. The van der Waals surface area contributed by atoms with Gasteiger partial charge in [0.2, 0.25) is 0 Å². The van der Waals surface area contributed by atoms with Crippen LogP contribution in [0, 0.1) is 10.5 Å². The summed E-state index contributed by atoms with van der Waals surface area (Å²) in [6, 6.07) is 8.64. The molecule has 3 rings (SSSR count). The summed E-state index contributed by atoms with van der Waals surface area (Å²) in [6.45, 7) is 3.57. The van der Waals surface area contributed by atoms with Crippen molar-refractivity contribution in [2.24, 2.45) is 0 Å². The molecule has 0 bridgehead atoms. The number of nitrogens with zero attached hydrogens (tertiary/aromatic N) is 2. The van der Waals surface area contributed by atoms with Gasteiger partial charge in [0.15, 0.2) is 0 Å². The third-order valence-corrected chi connectivity index (χ3v) is 4.99. The molecule has 0 radical (unpaired) electrons. The molecule has 0 aliphatic heterocycles. The molecule has 0 unspecified atom stereocenters. The Morgan fingerprint density at radius 1 is 1.15 bits per heavy atom. The van der Waals surface area contributed by atoms with Crippen molar-refractivity contribution in [1.82, 2.24) is 9.97 Å². The Hall–Kier alpha value is -2.10. The number of nitrogens with one attached hydrogen (secondary N) is 1. The van der Waals surface area contributed by atoms with Crippen LogP contribution in [0.2, 0.25) is 0 Å². The van der Waals surface area contributed by atoms with Gasteiger partial charge < -0.3 is 10.1 Å². The van der Waals surface area contributed by atoms with Crippen LogP contribution in [0.25, 0.3) is 10.9 Å². The van der Waals surface area contributed by atoms with E-state index in [0.717, 1.165) is 21.1 Å². The number of halogens is 4. The monoisotopic (exact) mass is 487 g/mol. The van der Waals surface area contributed by atoms with Crippen LogP contribution in [0.3, 0.4) is 0 Å². The van der Waals surface area contributed by atoms with Crippen molar-refractivity contribution in [1.29, 1.82) is 0 Å². The second-order valence-corrected chi connectivity index (χ2v) is 7.27. The summed E-state index contributed by atoms with van der Waals surface area (Å²) < 4.78 is 45.2. The molecule has 0 spiro atoms. The van der Waals surface area contributed by atoms with Gasteiger partial charge in [-0.15, -0.1) is 0 Å². The summed E-state index contributed by atoms with van der Waals surface area (Å²) in [5, 5.41) is 4.00. The summed E-state index contributed by atoms with van der Waals surface area (Å²) >= 11 is 2.16. The minimum atomic E-state index is -4.37. The van der Waals surface area contributed by atoms with Gasteiger partial charge >= 0.3 is 6.18 Å². The number of rotatable bonds is 4. The fourth-order valence-electron chi connectivity index (χ4n) is 2.79. The second kappa shape index (κ2) is 7.49. The van der Waals surface area contributed by atoms with Gasteiger partial charge in [-0.3, -0.25) is 0 Å². The number of hydrogen-bond donors (Lipinski definition) is 1. The van der Waals surface area contributed by atoms with E-state index in [1.165, 1.54) is 6.07 Å². The van der Waals surface area contributed by atoms with Crippen LogP contribution in [-0.4, -0.2) is 17.1 Å². The van der Waals surface area contributed by atoms with Crippen LogP contribution < -0.4 is 10.1 Å². The number of fused-ring (bicyclic) bond motifs is 1. The Morgan fingerprint density at radius 2 is 1.89 bits per heavy atom. The molecule has 0 fully saturated rings. The van der Waals surface area contributed by atoms with E-state index in [9.17, 15) is 13.2 Å². The van der Waals surface area contributed by atoms with Gasteiger partial charge in [0, 0.05) is 17.5 Å². The van der Waals surface area contributed by atoms with E-state index in [0.29, 0.717) is 28.5 Å². The molecule has 2 aromatic carbocycles. The van der Waals surface area contributed by atoms with Crippen LogP contribution in [0.1, 0.15) is 29.9 Å². The van der Waals surface area contributed by atoms with Gasteiger partial charge in [-0.05, 0) is 60.2 Å². The number of alkyl halides is 3. The lowest BCUT2D eigenvalue weighted by atomic mass is 10.0. The summed E-state index contributed by atoms with van der Waals surface area (Å²) in [6.07, 6.45) is -4.37. The quantitative estimate of drug-likeness (QED) is 0.477. The van der Waals surface area contributed by atoms with Gasteiger partial charge in [-0.25, -0.2) is 9.97 Å². The normalized spacial score (nSPS) is 12.9. The zero-order valence-corrected chi connectivity index (χ0v) is 17.0. The average molecular weight is 487 g/mol. The summed E-state index contributed by atoms with van der Waals surface area (Å²) in [5.41, 5.74) is 0.563. The Labute approximate surface area is 168 Å². The third kappa shape index (κ3) is 4.26. The minimum Gasteiger partial charge on any atom is -0.496 e. The largest absolute Gasteiger partial charge is 0.496 e. The number of hydrogen-bond acceptors (Lipinski definition) is 4. The van der Waals surface area contributed by atoms with Crippen LogP contribution in [-0.2, 0) is 6.18 Å². The minimum absolute atomic E-state index is 0.371. The smallest absolute Gasteiger partial charge is 0.416 e. The predicted octanol–water partition coefficient (Wildman–Crippen LogP) is 5.74. The van der Waals surface area contributed by atoms with Crippen molar-refractivity contribution < 1.29 is 17.9 Å². The van der Waals surface area contributed by atoms with E-state index in [2.05, 4.69) is 37.9 Å². The second-order valence-electron chi connectivity index (χ2n) is 6.11. The lowest BCUT2D eigenvalue weighted by Gasteiger charge is -2.18. The molecule has 1 N–H and O–H groups in total. The zero-order chi connectivity index (χ0) is 19.8. The number of ether oxygens (including phenoxy) is 1. The molecule has 0 amide bonds. The Balaban J connectivity index is 2.00. The molecule has 142 valence electrons. The lowest BCUT2D eigenvalue weighted by Crippen LogP contribution is -2.12. The van der Waals surface area contributed by atoms with Crippen molar-refractivity contribution in [2.45, 2.75) is 26.1 Å². The van der Waals surface area contributed by atoms with E-state index in [4.69, 9.17) is 4.74 Å². The van der Waals surface area contributed by atoms with Crippen LogP contribution in [0.4, 0.5) is 19.0 Å². The molecule has 3 aromatic rings. The number of aryl methyl sites for hydroxylation is 1. The Bertz CT molecular complexity index is 992. The van der Waals surface area contributed by atoms with Crippen molar-refractivity contribution in [3.05, 3.63) is 56.9 Å². The highest BCUT2D eigenvalue weighted by molar-refractivity contribution is 14.1. The predicted molar refractivity (Wildman–Crippen MR) is 107 cm³/mol. The molecule has 1 heterocycles. The fraction of sp³-hybridized carbons (Fsp3) is 0.263. The van der Waals surface area contributed by atoms with Crippen molar-refractivity contribution >= 4 is 39.3 Å². The van der Waals surface area contributed by atoms with E-state index < -0.39 is 11.7 Å². The van der Waals surface area contributed by atoms with Gasteiger partial charge in [0.25, 0.3) is 0 Å². The maximum Gasteiger partial charge on any atom is 0.416 e. The van der Waals surface area contributed by atoms with Gasteiger partial charge in [-0.2, -0.15) is 13.2 Å². The van der Waals surface area contributed by atoms with Gasteiger partial charge in [0.05, 0.1) is 21.8 Å². The highest BCUT2D eigenvalue weighted by Crippen LogP contribution is 2.33. The average Bonchev–Trinajstić information content (AvgIpc) is 2.61. The van der Waals surface area contributed by atoms with Crippen LogP contribution >= 0.6 is 22.6 Å². The Morgan fingerprint density at radius 3 is 2.56 bits per heavy atom. The first-order valence-electron chi connectivity index (χ1n) is 8.14. The molecular weight excluding hydrogens is 470 g/mol. The van der Waals surface area contributed by atoms with E-state index in [-0.39, 0.29) is 6.04 Å². The standard InChI is InChI=1S/C19H17F3IN3O/c1-10(12-5-4-6-13(7-12)19(20,21)22)24-18-14-8-15(23)17(27-3)9-16(14)25-11(2)26-18/h4-10H,1-3H3,(H,24,25,26)/t10-/m1/s1. The van der Waals surface area contributed by atoms with E-state index in [1.807, 2.05) is 12.1 Å². The van der Waals surface area contributed by atoms with Gasteiger partial charge in [-0.1, -0.05) is 12.1 Å². The molecule has 0 saturated heterocycles. The lowest BCUT2D eigenvalue weighted by molar-refractivity contribution is -0.137. The number of anilines is 1. The SMILES string of the molecule is COc1cc2nc(C)nc(N[C@H](C)c3cccc(C(F)(F)F)c3)c2cc1I. The highest BCUT2D eigenvalue weighted by Gasteiger charge is 2.30. The number of methoxy groups -OCH3 is 1. The Kier molecular flexibility index (Phi) is 5.45. The first-order chi connectivity index (χ1) is 12.7. The molecule has 0 aliphatic rings. The van der Waals surface area contributed by atoms with Gasteiger partial charge in [0.1, 0.15) is 17.4 Å². The fourth-order valence-corrected chi connectivity index (χ4v) is 3.47. The summed E-state index contributed by atoms with van der Waals surface area (Å²) in [4.78, 5) is 8.88. The molecule has 1 aromatic heterocycles. The molecule has 0 aliphatic carbocycles. The third-order valence-electron chi connectivity index (χ3n) is 4.15. The molecule has 4 nitrogen and oxygen atoms in total. The van der Waals surface area contributed by atoms with E-state index in [1.54, 1.807) is 27.0 Å². The number of benzene rings is 2. The summed E-state index contributed by atoms with van der Waals surface area (Å²) in [7, 11) is 1.59. The summed E-state index contributed by atoms with van der Waals surface area (Å²) in [5.74, 6) is 1.84. The van der Waals surface area contributed by atoms with E-state index >= 15 is 0 Å². The topological polar surface area (TPSA) is 47.0 Å². The first kappa shape index (κ1) is 19.7.